The average molecular weight is 270 g/mol. The first-order chi connectivity index (χ1) is 8.31. The molecule has 0 aliphatic heterocycles. The Kier molecular flexibility index (Phi) is 5.07. The van der Waals surface area contributed by atoms with Gasteiger partial charge in [-0.05, 0) is 32.9 Å². The van der Waals surface area contributed by atoms with Crippen molar-refractivity contribution in [3.8, 4) is 0 Å². The third-order valence-corrected chi connectivity index (χ3v) is 3.51. The van der Waals surface area contributed by atoms with Crippen molar-refractivity contribution in [3.63, 3.8) is 0 Å². The fourth-order valence-corrected chi connectivity index (χ4v) is 2.22. The van der Waals surface area contributed by atoms with Gasteiger partial charge in [-0.1, -0.05) is 29.8 Å². The number of hydrogen-bond donors (Lipinski definition) is 0. The molecule has 100 valence electrons. The van der Waals surface area contributed by atoms with Crippen molar-refractivity contribution in [3.05, 3.63) is 42.0 Å². The lowest BCUT2D eigenvalue weighted by atomic mass is 10.2. The van der Waals surface area contributed by atoms with Gasteiger partial charge in [0.1, 0.15) is 0 Å². The van der Waals surface area contributed by atoms with Crippen molar-refractivity contribution >= 4 is 10.1 Å². The highest BCUT2D eigenvalue weighted by Gasteiger charge is 2.19. The maximum Gasteiger partial charge on any atom is 0.299 e. The SMILES string of the molecule is C=C(C)COC(C)OS(=O)(=O)c1ccc(C)cc1. The van der Waals surface area contributed by atoms with Gasteiger partial charge in [-0.2, -0.15) is 8.42 Å². The van der Waals surface area contributed by atoms with Crippen molar-refractivity contribution in [1.82, 2.24) is 0 Å². The van der Waals surface area contributed by atoms with E-state index in [1.165, 1.54) is 19.1 Å². The van der Waals surface area contributed by atoms with E-state index in [-0.39, 0.29) is 11.5 Å². The van der Waals surface area contributed by atoms with Crippen LogP contribution in [0.25, 0.3) is 0 Å². The number of hydrogen-bond acceptors (Lipinski definition) is 4. The molecular formula is C13H18O4S. The molecule has 1 aromatic rings. The van der Waals surface area contributed by atoms with Crippen LogP contribution < -0.4 is 0 Å². The predicted molar refractivity (Wildman–Crippen MR) is 69.7 cm³/mol. The Morgan fingerprint density at radius 3 is 2.39 bits per heavy atom. The lowest BCUT2D eigenvalue weighted by molar-refractivity contribution is -0.0530. The first-order valence-corrected chi connectivity index (χ1v) is 6.98. The van der Waals surface area contributed by atoms with Crippen LogP contribution in [0.2, 0.25) is 0 Å². The van der Waals surface area contributed by atoms with E-state index < -0.39 is 16.4 Å². The van der Waals surface area contributed by atoms with Gasteiger partial charge in [-0.25, -0.2) is 4.18 Å². The largest absolute Gasteiger partial charge is 0.347 e. The summed E-state index contributed by atoms with van der Waals surface area (Å²) < 4.78 is 33.9. The summed E-state index contributed by atoms with van der Waals surface area (Å²) in [6, 6.07) is 6.46. The normalized spacial score (nSPS) is 13.3. The van der Waals surface area contributed by atoms with E-state index >= 15 is 0 Å². The molecule has 18 heavy (non-hydrogen) atoms. The van der Waals surface area contributed by atoms with Crippen LogP contribution in [0.5, 0.6) is 0 Å². The molecule has 0 saturated heterocycles. The molecule has 0 radical (unpaired) electrons. The summed E-state index contributed by atoms with van der Waals surface area (Å²) in [5.74, 6) is 0. The van der Waals surface area contributed by atoms with E-state index in [0.717, 1.165) is 11.1 Å². The summed E-state index contributed by atoms with van der Waals surface area (Å²) in [5, 5.41) is 0. The Hall–Kier alpha value is -1.17. The van der Waals surface area contributed by atoms with Crippen molar-refractivity contribution < 1.29 is 17.3 Å². The third-order valence-electron chi connectivity index (χ3n) is 2.14. The quantitative estimate of drug-likeness (QED) is 0.453. The number of aryl methyl sites for hydroxylation is 1. The highest BCUT2D eigenvalue weighted by atomic mass is 32.2. The van der Waals surface area contributed by atoms with Crippen LogP contribution in [-0.4, -0.2) is 21.3 Å². The summed E-state index contributed by atoms with van der Waals surface area (Å²) in [6.45, 7) is 9.14. The minimum atomic E-state index is -3.78. The molecule has 1 rings (SSSR count). The Labute approximate surface area is 108 Å². The van der Waals surface area contributed by atoms with Gasteiger partial charge < -0.3 is 4.74 Å². The molecule has 0 spiro atoms. The van der Waals surface area contributed by atoms with E-state index in [1.54, 1.807) is 19.1 Å². The van der Waals surface area contributed by atoms with E-state index in [4.69, 9.17) is 8.92 Å². The second-order valence-electron chi connectivity index (χ2n) is 4.20. The van der Waals surface area contributed by atoms with Gasteiger partial charge in [0.25, 0.3) is 10.1 Å². The first-order valence-electron chi connectivity index (χ1n) is 5.57. The molecule has 4 nitrogen and oxygen atoms in total. The molecule has 0 saturated carbocycles. The molecule has 5 heteroatoms. The van der Waals surface area contributed by atoms with Crippen LogP contribution in [0.4, 0.5) is 0 Å². The summed E-state index contributed by atoms with van der Waals surface area (Å²) in [5.41, 5.74) is 1.79. The summed E-state index contributed by atoms with van der Waals surface area (Å²) in [7, 11) is -3.78. The van der Waals surface area contributed by atoms with Gasteiger partial charge in [0.15, 0.2) is 6.29 Å². The smallest absolute Gasteiger partial charge is 0.299 e. The van der Waals surface area contributed by atoms with E-state index in [1.807, 2.05) is 6.92 Å². The monoisotopic (exact) mass is 270 g/mol. The molecular weight excluding hydrogens is 252 g/mol. The Morgan fingerprint density at radius 1 is 1.33 bits per heavy atom. The molecule has 1 unspecified atom stereocenters. The predicted octanol–water partition coefficient (Wildman–Crippen LogP) is 2.64. The molecule has 0 fully saturated rings. The number of ether oxygens (including phenoxy) is 1. The highest BCUT2D eigenvalue weighted by molar-refractivity contribution is 7.86. The molecule has 0 amide bonds. The van der Waals surface area contributed by atoms with Gasteiger partial charge in [0.05, 0.1) is 11.5 Å². The zero-order chi connectivity index (χ0) is 13.8. The molecule has 0 aromatic heterocycles. The molecule has 0 aliphatic rings. The second kappa shape index (κ2) is 6.13. The Morgan fingerprint density at radius 2 is 1.89 bits per heavy atom. The molecule has 1 aromatic carbocycles. The van der Waals surface area contributed by atoms with E-state index in [0.29, 0.717) is 0 Å². The van der Waals surface area contributed by atoms with Gasteiger partial charge in [0, 0.05) is 0 Å². The Bertz CT molecular complexity index is 502. The van der Waals surface area contributed by atoms with Gasteiger partial charge in [0.2, 0.25) is 0 Å². The molecule has 0 aliphatic carbocycles. The van der Waals surface area contributed by atoms with Crippen LogP contribution in [-0.2, 0) is 19.0 Å². The number of rotatable bonds is 6. The zero-order valence-corrected chi connectivity index (χ0v) is 11.7. The van der Waals surface area contributed by atoms with Crippen molar-refractivity contribution in [1.29, 1.82) is 0 Å². The van der Waals surface area contributed by atoms with Crippen molar-refractivity contribution in [2.75, 3.05) is 6.61 Å². The zero-order valence-electron chi connectivity index (χ0n) is 10.8. The standard InChI is InChI=1S/C13H18O4S/c1-10(2)9-16-12(4)17-18(14,15)13-7-5-11(3)6-8-13/h5-8,12H,1,9H2,2-4H3. The van der Waals surface area contributed by atoms with E-state index in [2.05, 4.69) is 6.58 Å². The van der Waals surface area contributed by atoms with Crippen molar-refractivity contribution in [2.24, 2.45) is 0 Å². The summed E-state index contributed by atoms with van der Waals surface area (Å²) >= 11 is 0. The van der Waals surface area contributed by atoms with Crippen molar-refractivity contribution in [2.45, 2.75) is 32.0 Å². The van der Waals surface area contributed by atoms with Crippen LogP contribution in [0, 0.1) is 6.92 Å². The molecule has 1 atom stereocenters. The van der Waals surface area contributed by atoms with Crippen LogP contribution in [0.1, 0.15) is 19.4 Å². The molecule has 0 N–H and O–H groups in total. The minimum absolute atomic E-state index is 0.124. The van der Waals surface area contributed by atoms with Crippen LogP contribution in [0.15, 0.2) is 41.3 Å². The second-order valence-corrected chi connectivity index (χ2v) is 5.77. The van der Waals surface area contributed by atoms with Gasteiger partial charge in [-0.15, -0.1) is 0 Å². The summed E-state index contributed by atoms with van der Waals surface area (Å²) in [4.78, 5) is 0.124. The lowest BCUT2D eigenvalue weighted by Gasteiger charge is -2.14. The van der Waals surface area contributed by atoms with Gasteiger partial charge >= 0.3 is 0 Å². The minimum Gasteiger partial charge on any atom is -0.347 e. The van der Waals surface area contributed by atoms with Crippen LogP contribution in [0.3, 0.4) is 0 Å². The summed E-state index contributed by atoms with van der Waals surface area (Å²) in [6.07, 6.45) is -0.840. The molecule has 0 heterocycles. The number of benzene rings is 1. The van der Waals surface area contributed by atoms with Gasteiger partial charge in [-0.3, -0.25) is 0 Å². The fraction of sp³-hybridized carbons (Fsp3) is 0.385. The fourth-order valence-electron chi connectivity index (χ4n) is 1.23. The first kappa shape index (κ1) is 14.9. The maximum absolute atomic E-state index is 11.9. The Balaban J connectivity index is 2.70. The molecule has 0 bridgehead atoms. The van der Waals surface area contributed by atoms with Crippen LogP contribution >= 0.6 is 0 Å². The highest BCUT2D eigenvalue weighted by Crippen LogP contribution is 2.15. The average Bonchev–Trinajstić information content (AvgIpc) is 2.26. The third kappa shape index (κ3) is 4.60. The maximum atomic E-state index is 11.9. The lowest BCUT2D eigenvalue weighted by Crippen LogP contribution is -2.19. The van der Waals surface area contributed by atoms with E-state index in [9.17, 15) is 8.42 Å². The topological polar surface area (TPSA) is 52.6 Å².